The SMILES string of the molecule is CC(O)[C@@H](N)c1cccc(Cl)c1. The molecule has 0 aromatic heterocycles. The molecule has 0 radical (unpaired) electrons. The number of rotatable bonds is 2. The molecule has 0 bridgehead atoms. The van der Waals surface area contributed by atoms with E-state index in [1.54, 1.807) is 19.1 Å². The first-order valence-electron chi connectivity index (χ1n) is 3.80. The Bertz CT molecular complexity index is 262. The Labute approximate surface area is 77.0 Å². The van der Waals surface area contributed by atoms with Crippen molar-refractivity contribution < 1.29 is 5.11 Å². The van der Waals surface area contributed by atoms with Gasteiger partial charge < -0.3 is 10.8 Å². The molecular formula is C9H12ClNO. The number of hydrogen-bond donors (Lipinski definition) is 2. The van der Waals surface area contributed by atoms with Crippen LogP contribution in [0.1, 0.15) is 18.5 Å². The third kappa shape index (κ3) is 2.21. The van der Waals surface area contributed by atoms with Crippen molar-refractivity contribution in [1.29, 1.82) is 0 Å². The molecule has 12 heavy (non-hydrogen) atoms. The van der Waals surface area contributed by atoms with Gasteiger partial charge in [0.25, 0.3) is 0 Å². The summed E-state index contributed by atoms with van der Waals surface area (Å²) in [6.07, 6.45) is -0.552. The summed E-state index contributed by atoms with van der Waals surface area (Å²) in [6, 6.07) is 6.85. The summed E-state index contributed by atoms with van der Waals surface area (Å²) < 4.78 is 0. The molecule has 1 unspecified atom stereocenters. The fourth-order valence-electron chi connectivity index (χ4n) is 0.992. The predicted molar refractivity (Wildman–Crippen MR) is 50.1 cm³/mol. The van der Waals surface area contributed by atoms with Crippen LogP contribution in [0.15, 0.2) is 24.3 Å². The zero-order valence-electron chi connectivity index (χ0n) is 6.87. The summed E-state index contributed by atoms with van der Waals surface area (Å²) in [7, 11) is 0. The van der Waals surface area contributed by atoms with Gasteiger partial charge in [0.2, 0.25) is 0 Å². The minimum Gasteiger partial charge on any atom is -0.391 e. The maximum Gasteiger partial charge on any atom is 0.0704 e. The first-order chi connectivity index (χ1) is 5.61. The van der Waals surface area contributed by atoms with Gasteiger partial charge in [0, 0.05) is 5.02 Å². The summed E-state index contributed by atoms with van der Waals surface area (Å²) in [5, 5.41) is 9.84. The van der Waals surface area contributed by atoms with Crippen LogP contribution in [0.25, 0.3) is 0 Å². The molecule has 2 nitrogen and oxygen atoms in total. The van der Waals surface area contributed by atoms with Crippen LogP contribution in [0.5, 0.6) is 0 Å². The van der Waals surface area contributed by atoms with Crippen LogP contribution in [0, 0.1) is 0 Å². The Morgan fingerprint density at radius 2 is 2.17 bits per heavy atom. The van der Waals surface area contributed by atoms with E-state index in [0.29, 0.717) is 5.02 Å². The standard InChI is InChI=1S/C9H12ClNO/c1-6(12)9(11)7-3-2-4-8(10)5-7/h2-6,9,12H,11H2,1H3/t6?,9-/m1/s1. The Balaban J connectivity index is 2.88. The molecule has 0 aliphatic carbocycles. The molecule has 1 aromatic carbocycles. The second-order valence-electron chi connectivity index (χ2n) is 2.82. The van der Waals surface area contributed by atoms with Crippen LogP contribution < -0.4 is 5.73 Å². The van der Waals surface area contributed by atoms with E-state index in [-0.39, 0.29) is 6.04 Å². The Hall–Kier alpha value is -0.570. The third-order valence-electron chi connectivity index (χ3n) is 1.75. The summed E-state index contributed by atoms with van der Waals surface area (Å²) in [5.41, 5.74) is 6.56. The van der Waals surface area contributed by atoms with Gasteiger partial charge in [0.1, 0.15) is 0 Å². The quantitative estimate of drug-likeness (QED) is 0.737. The van der Waals surface area contributed by atoms with E-state index in [1.165, 1.54) is 0 Å². The maximum absolute atomic E-state index is 9.20. The summed E-state index contributed by atoms with van der Waals surface area (Å²) in [5.74, 6) is 0. The molecule has 66 valence electrons. The lowest BCUT2D eigenvalue weighted by Gasteiger charge is -2.14. The first-order valence-corrected chi connectivity index (χ1v) is 4.18. The minimum absolute atomic E-state index is 0.358. The lowest BCUT2D eigenvalue weighted by Crippen LogP contribution is -2.22. The van der Waals surface area contributed by atoms with Crippen molar-refractivity contribution in [3.05, 3.63) is 34.9 Å². The highest BCUT2D eigenvalue weighted by Crippen LogP contribution is 2.18. The number of benzene rings is 1. The monoisotopic (exact) mass is 185 g/mol. The number of hydrogen-bond acceptors (Lipinski definition) is 2. The molecular weight excluding hydrogens is 174 g/mol. The smallest absolute Gasteiger partial charge is 0.0704 e. The van der Waals surface area contributed by atoms with E-state index in [2.05, 4.69) is 0 Å². The summed E-state index contributed by atoms with van der Waals surface area (Å²) in [6.45, 7) is 1.66. The lowest BCUT2D eigenvalue weighted by molar-refractivity contribution is 0.164. The normalized spacial score (nSPS) is 15.7. The lowest BCUT2D eigenvalue weighted by atomic mass is 10.0. The Morgan fingerprint density at radius 3 is 2.67 bits per heavy atom. The van der Waals surface area contributed by atoms with Gasteiger partial charge in [-0.1, -0.05) is 23.7 Å². The van der Waals surface area contributed by atoms with Crippen LogP contribution >= 0.6 is 11.6 Å². The van der Waals surface area contributed by atoms with Crippen molar-refractivity contribution in [2.45, 2.75) is 19.1 Å². The number of nitrogens with two attached hydrogens (primary N) is 1. The van der Waals surface area contributed by atoms with E-state index in [0.717, 1.165) is 5.56 Å². The van der Waals surface area contributed by atoms with Gasteiger partial charge in [-0.3, -0.25) is 0 Å². The molecule has 0 amide bonds. The average Bonchev–Trinajstić information content (AvgIpc) is 2.03. The molecule has 1 aromatic rings. The highest BCUT2D eigenvalue weighted by Gasteiger charge is 2.11. The second-order valence-corrected chi connectivity index (χ2v) is 3.26. The third-order valence-corrected chi connectivity index (χ3v) is 1.99. The van der Waals surface area contributed by atoms with Crippen LogP contribution in [0.2, 0.25) is 5.02 Å². The fraction of sp³-hybridized carbons (Fsp3) is 0.333. The van der Waals surface area contributed by atoms with Gasteiger partial charge in [-0.15, -0.1) is 0 Å². The average molecular weight is 186 g/mol. The van der Waals surface area contributed by atoms with Gasteiger partial charge in [0.15, 0.2) is 0 Å². The van der Waals surface area contributed by atoms with Crippen molar-refractivity contribution in [2.24, 2.45) is 5.73 Å². The molecule has 0 saturated heterocycles. The summed E-state index contributed by atoms with van der Waals surface area (Å²) >= 11 is 5.76. The van der Waals surface area contributed by atoms with Crippen LogP contribution in [0.4, 0.5) is 0 Å². The Kier molecular flexibility index (Phi) is 3.09. The van der Waals surface area contributed by atoms with Crippen molar-refractivity contribution >= 4 is 11.6 Å². The van der Waals surface area contributed by atoms with Crippen molar-refractivity contribution in [2.75, 3.05) is 0 Å². The first kappa shape index (κ1) is 9.52. The van der Waals surface area contributed by atoms with Gasteiger partial charge in [-0.2, -0.15) is 0 Å². The topological polar surface area (TPSA) is 46.2 Å². The van der Waals surface area contributed by atoms with Crippen molar-refractivity contribution in [3.63, 3.8) is 0 Å². The van der Waals surface area contributed by atoms with Gasteiger partial charge in [-0.25, -0.2) is 0 Å². The molecule has 0 spiro atoms. The van der Waals surface area contributed by atoms with E-state index in [4.69, 9.17) is 17.3 Å². The number of halogens is 1. The highest BCUT2D eigenvalue weighted by atomic mass is 35.5. The number of aliphatic hydroxyl groups excluding tert-OH is 1. The van der Waals surface area contributed by atoms with E-state index >= 15 is 0 Å². The molecule has 0 saturated carbocycles. The zero-order valence-corrected chi connectivity index (χ0v) is 7.62. The minimum atomic E-state index is -0.552. The largest absolute Gasteiger partial charge is 0.391 e. The molecule has 2 atom stereocenters. The van der Waals surface area contributed by atoms with Crippen LogP contribution in [0.3, 0.4) is 0 Å². The molecule has 0 fully saturated rings. The van der Waals surface area contributed by atoms with Crippen molar-refractivity contribution in [3.8, 4) is 0 Å². The van der Waals surface area contributed by atoms with E-state index < -0.39 is 6.10 Å². The van der Waals surface area contributed by atoms with Gasteiger partial charge >= 0.3 is 0 Å². The predicted octanol–water partition coefficient (Wildman–Crippen LogP) is 1.72. The molecule has 0 aliphatic heterocycles. The second kappa shape index (κ2) is 3.90. The highest BCUT2D eigenvalue weighted by molar-refractivity contribution is 6.30. The molecule has 3 N–H and O–H groups in total. The molecule has 3 heteroatoms. The Morgan fingerprint density at radius 1 is 1.50 bits per heavy atom. The van der Waals surface area contributed by atoms with E-state index in [1.807, 2.05) is 12.1 Å². The number of aliphatic hydroxyl groups is 1. The van der Waals surface area contributed by atoms with Crippen molar-refractivity contribution in [1.82, 2.24) is 0 Å². The molecule has 0 heterocycles. The van der Waals surface area contributed by atoms with E-state index in [9.17, 15) is 5.11 Å². The summed E-state index contributed by atoms with van der Waals surface area (Å²) in [4.78, 5) is 0. The molecule has 1 rings (SSSR count). The van der Waals surface area contributed by atoms with Gasteiger partial charge in [0.05, 0.1) is 12.1 Å². The molecule has 0 aliphatic rings. The fourth-order valence-corrected chi connectivity index (χ4v) is 1.19. The van der Waals surface area contributed by atoms with Gasteiger partial charge in [-0.05, 0) is 24.6 Å². The van der Waals surface area contributed by atoms with Crippen LogP contribution in [-0.2, 0) is 0 Å². The maximum atomic E-state index is 9.20. The zero-order chi connectivity index (χ0) is 9.14. The van der Waals surface area contributed by atoms with Crippen LogP contribution in [-0.4, -0.2) is 11.2 Å².